The van der Waals surface area contributed by atoms with Crippen LogP contribution in [0.1, 0.15) is 11.5 Å². The van der Waals surface area contributed by atoms with Crippen LogP contribution in [0.25, 0.3) is 16.9 Å². The monoisotopic (exact) mass is 253 g/mol. The molecular formula is C15H15N3O. The number of hydrogen-bond acceptors (Lipinski definition) is 3. The summed E-state index contributed by atoms with van der Waals surface area (Å²) >= 11 is 0. The molecule has 0 aliphatic carbocycles. The highest BCUT2D eigenvalue weighted by molar-refractivity contribution is 5.65. The van der Waals surface area contributed by atoms with Crippen LogP contribution in [0.3, 0.4) is 0 Å². The lowest BCUT2D eigenvalue weighted by atomic mass is 10.2. The van der Waals surface area contributed by atoms with Crippen LogP contribution in [-0.2, 0) is 0 Å². The highest BCUT2D eigenvalue weighted by atomic mass is 16.3. The molecule has 0 aliphatic rings. The van der Waals surface area contributed by atoms with Crippen LogP contribution >= 0.6 is 0 Å². The van der Waals surface area contributed by atoms with Crippen LogP contribution in [-0.4, -0.2) is 9.78 Å². The predicted molar refractivity (Wildman–Crippen MR) is 75.2 cm³/mol. The second-order valence-corrected chi connectivity index (χ2v) is 4.53. The summed E-state index contributed by atoms with van der Waals surface area (Å²) in [5.41, 5.74) is 8.80. The number of nitrogen functional groups attached to an aromatic ring is 1. The molecule has 3 aromatic rings. The van der Waals surface area contributed by atoms with E-state index in [1.54, 1.807) is 4.68 Å². The molecule has 2 heterocycles. The molecule has 0 saturated carbocycles. The minimum Gasteiger partial charge on any atom is -0.466 e. The first kappa shape index (κ1) is 11.6. The molecule has 4 nitrogen and oxygen atoms in total. The Morgan fingerprint density at radius 1 is 1.11 bits per heavy atom. The molecule has 96 valence electrons. The van der Waals surface area contributed by atoms with Gasteiger partial charge >= 0.3 is 0 Å². The van der Waals surface area contributed by atoms with Crippen molar-refractivity contribution in [3.8, 4) is 16.9 Å². The van der Waals surface area contributed by atoms with Crippen molar-refractivity contribution in [2.24, 2.45) is 0 Å². The van der Waals surface area contributed by atoms with Gasteiger partial charge in [0.2, 0.25) is 0 Å². The van der Waals surface area contributed by atoms with Crippen molar-refractivity contribution in [2.75, 3.05) is 5.73 Å². The number of rotatable bonds is 2. The molecule has 1 aromatic carbocycles. The lowest BCUT2D eigenvalue weighted by Gasteiger charge is -2.02. The number of nitrogens with zero attached hydrogens (tertiary/aromatic N) is 2. The summed E-state index contributed by atoms with van der Waals surface area (Å²) in [7, 11) is 0. The first-order valence-electron chi connectivity index (χ1n) is 6.13. The number of aryl methyl sites for hydroxylation is 2. The molecule has 0 atom stereocenters. The molecule has 19 heavy (non-hydrogen) atoms. The van der Waals surface area contributed by atoms with E-state index in [2.05, 4.69) is 5.10 Å². The third-order valence-corrected chi connectivity index (χ3v) is 3.05. The maximum atomic E-state index is 6.04. The van der Waals surface area contributed by atoms with Gasteiger partial charge in [-0.3, -0.25) is 0 Å². The molecule has 4 heteroatoms. The van der Waals surface area contributed by atoms with Gasteiger partial charge in [-0.25, -0.2) is 4.68 Å². The lowest BCUT2D eigenvalue weighted by Crippen LogP contribution is -2.01. The number of aromatic nitrogens is 2. The van der Waals surface area contributed by atoms with E-state index in [0.717, 1.165) is 28.5 Å². The summed E-state index contributed by atoms with van der Waals surface area (Å²) in [4.78, 5) is 0. The summed E-state index contributed by atoms with van der Waals surface area (Å²) in [6, 6.07) is 13.7. The van der Waals surface area contributed by atoms with E-state index < -0.39 is 0 Å². The van der Waals surface area contributed by atoms with Crippen LogP contribution in [0.15, 0.2) is 46.9 Å². The van der Waals surface area contributed by atoms with Gasteiger partial charge < -0.3 is 10.2 Å². The van der Waals surface area contributed by atoms with Gasteiger partial charge in [-0.05, 0) is 32.0 Å². The minimum absolute atomic E-state index is 0.611. The van der Waals surface area contributed by atoms with Crippen LogP contribution in [0, 0.1) is 13.8 Å². The Morgan fingerprint density at radius 3 is 2.47 bits per heavy atom. The van der Waals surface area contributed by atoms with E-state index in [1.807, 2.05) is 56.3 Å². The van der Waals surface area contributed by atoms with Gasteiger partial charge in [-0.1, -0.05) is 18.2 Å². The second-order valence-electron chi connectivity index (χ2n) is 4.53. The fourth-order valence-electron chi connectivity index (χ4n) is 2.19. The van der Waals surface area contributed by atoms with E-state index >= 15 is 0 Å². The zero-order chi connectivity index (χ0) is 13.4. The Balaban J connectivity index is 2.10. The first-order valence-corrected chi connectivity index (χ1v) is 6.13. The SMILES string of the molecule is Cc1cc(-c2cc(N)n(-c3ccccc3)n2)c(C)o1. The Labute approximate surface area is 111 Å². The van der Waals surface area contributed by atoms with Crippen molar-refractivity contribution in [1.82, 2.24) is 9.78 Å². The largest absolute Gasteiger partial charge is 0.466 e. The molecule has 0 fully saturated rings. The number of anilines is 1. The van der Waals surface area contributed by atoms with Crippen LogP contribution in [0.2, 0.25) is 0 Å². The van der Waals surface area contributed by atoms with Gasteiger partial charge in [-0.15, -0.1) is 0 Å². The molecule has 0 amide bonds. The fraction of sp³-hybridized carbons (Fsp3) is 0.133. The van der Waals surface area contributed by atoms with E-state index in [4.69, 9.17) is 10.2 Å². The van der Waals surface area contributed by atoms with Gasteiger partial charge in [0.15, 0.2) is 0 Å². The molecule has 0 radical (unpaired) electrons. The lowest BCUT2D eigenvalue weighted by molar-refractivity contribution is 0.505. The summed E-state index contributed by atoms with van der Waals surface area (Å²) < 4.78 is 7.27. The molecule has 0 aliphatic heterocycles. The summed E-state index contributed by atoms with van der Waals surface area (Å²) in [6.45, 7) is 3.86. The standard InChI is InChI=1S/C15H15N3O/c1-10-8-13(11(2)19-10)14-9-15(16)18(17-14)12-6-4-3-5-7-12/h3-9H,16H2,1-2H3. The number of hydrogen-bond donors (Lipinski definition) is 1. The zero-order valence-corrected chi connectivity index (χ0v) is 10.9. The van der Waals surface area contributed by atoms with E-state index in [0.29, 0.717) is 5.82 Å². The van der Waals surface area contributed by atoms with Gasteiger partial charge in [-0.2, -0.15) is 5.10 Å². The fourth-order valence-corrected chi connectivity index (χ4v) is 2.19. The Morgan fingerprint density at radius 2 is 1.84 bits per heavy atom. The quantitative estimate of drug-likeness (QED) is 0.762. The van der Waals surface area contributed by atoms with E-state index in [1.165, 1.54) is 0 Å². The number of furan rings is 1. The maximum absolute atomic E-state index is 6.04. The maximum Gasteiger partial charge on any atom is 0.127 e. The van der Waals surface area contributed by atoms with Crippen molar-refractivity contribution < 1.29 is 4.42 Å². The second kappa shape index (κ2) is 4.31. The molecule has 0 spiro atoms. The van der Waals surface area contributed by atoms with Crippen LogP contribution in [0.4, 0.5) is 5.82 Å². The van der Waals surface area contributed by atoms with Gasteiger partial charge in [0.05, 0.1) is 11.4 Å². The van der Waals surface area contributed by atoms with Crippen LogP contribution in [0.5, 0.6) is 0 Å². The van der Waals surface area contributed by atoms with Crippen molar-refractivity contribution in [1.29, 1.82) is 0 Å². The summed E-state index contributed by atoms with van der Waals surface area (Å²) in [5, 5.41) is 4.56. The van der Waals surface area contributed by atoms with Crippen molar-refractivity contribution in [2.45, 2.75) is 13.8 Å². The van der Waals surface area contributed by atoms with E-state index in [-0.39, 0.29) is 0 Å². The Bertz CT molecular complexity index is 710. The zero-order valence-electron chi connectivity index (χ0n) is 10.9. The van der Waals surface area contributed by atoms with E-state index in [9.17, 15) is 0 Å². The third kappa shape index (κ3) is 2.01. The van der Waals surface area contributed by atoms with Crippen LogP contribution < -0.4 is 5.73 Å². The van der Waals surface area contributed by atoms with Crippen molar-refractivity contribution in [3.63, 3.8) is 0 Å². The van der Waals surface area contributed by atoms with Crippen molar-refractivity contribution >= 4 is 5.82 Å². The molecule has 2 aromatic heterocycles. The van der Waals surface area contributed by atoms with Crippen molar-refractivity contribution in [3.05, 3.63) is 54.0 Å². The molecule has 0 saturated heterocycles. The molecule has 2 N–H and O–H groups in total. The normalized spacial score (nSPS) is 10.8. The average molecular weight is 253 g/mol. The Kier molecular flexibility index (Phi) is 2.63. The third-order valence-electron chi connectivity index (χ3n) is 3.05. The van der Waals surface area contributed by atoms with Gasteiger partial charge in [0.25, 0.3) is 0 Å². The highest BCUT2D eigenvalue weighted by Gasteiger charge is 2.13. The molecule has 0 bridgehead atoms. The molecular weight excluding hydrogens is 238 g/mol. The Hall–Kier alpha value is -2.49. The van der Waals surface area contributed by atoms with Gasteiger partial charge in [0, 0.05) is 11.6 Å². The van der Waals surface area contributed by atoms with Gasteiger partial charge in [0.1, 0.15) is 17.3 Å². The first-order chi connectivity index (χ1) is 9.15. The topological polar surface area (TPSA) is 57.0 Å². The average Bonchev–Trinajstić information content (AvgIpc) is 2.93. The summed E-state index contributed by atoms with van der Waals surface area (Å²) in [5.74, 6) is 2.34. The minimum atomic E-state index is 0.611. The smallest absolute Gasteiger partial charge is 0.127 e. The summed E-state index contributed by atoms with van der Waals surface area (Å²) in [6.07, 6.45) is 0. The molecule has 3 rings (SSSR count). The highest BCUT2D eigenvalue weighted by Crippen LogP contribution is 2.28. The number of nitrogens with two attached hydrogens (primary N) is 1. The number of para-hydroxylation sites is 1. The molecule has 0 unspecified atom stereocenters. The predicted octanol–water partition coefficient (Wildman–Crippen LogP) is 3.33. The number of benzene rings is 1.